The van der Waals surface area contributed by atoms with Crippen LogP contribution in [0.15, 0.2) is 20.8 Å². The fourth-order valence-corrected chi connectivity index (χ4v) is 2.19. The van der Waals surface area contributed by atoms with E-state index in [4.69, 9.17) is 4.74 Å². The number of H-pyrrole nitrogens is 1. The lowest BCUT2D eigenvalue weighted by molar-refractivity contribution is -0.0209. The summed E-state index contributed by atoms with van der Waals surface area (Å²) in [6, 6.07) is 0. The Labute approximate surface area is 115 Å². The third-order valence-electron chi connectivity index (χ3n) is 2.86. The van der Waals surface area contributed by atoms with Crippen molar-refractivity contribution < 1.29 is 13.5 Å². The van der Waals surface area contributed by atoms with Crippen molar-refractivity contribution in [3.05, 3.63) is 37.6 Å². The molecule has 1 aromatic rings. The molecule has 0 saturated carbocycles. The molecule has 104 valence electrons. The van der Waals surface area contributed by atoms with Gasteiger partial charge < -0.3 is 4.74 Å². The molecule has 1 aliphatic rings. The molecular formula is C11H11BrF2N2O3. The van der Waals surface area contributed by atoms with Crippen LogP contribution < -0.4 is 11.2 Å². The molecule has 1 aliphatic heterocycles. The van der Waals surface area contributed by atoms with Gasteiger partial charge in [0.2, 0.25) is 0 Å². The van der Waals surface area contributed by atoms with Crippen molar-refractivity contribution in [3.8, 4) is 0 Å². The van der Waals surface area contributed by atoms with Crippen molar-refractivity contribution >= 4 is 22.0 Å². The van der Waals surface area contributed by atoms with Gasteiger partial charge in [-0.15, -0.1) is 0 Å². The number of ether oxygens (including phenoxy) is 1. The predicted molar refractivity (Wildman–Crippen MR) is 68.7 cm³/mol. The molecule has 19 heavy (non-hydrogen) atoms. The van der Waals surface area contributed by atoms with Crippen molar-refractivity contribution in [3.63, 3.8) is 0 Å². The number of halogens is 3. The maximum Gasteiger partial charge on any atom is 0.330 e. The fraction of sp³-hybridized carbons (Fsp3) is 0.455. The Morgan fingerprint density at radius 3 is 2.89 bits per heavy atom. The van der Waals surface area contributed by atoms with Crippen LogP contribution in [0.1, 0.15) is 18.2 Å². The number of alkyl halides is 2. The summed E-state index contributed by atoms with van der Waals surface area (Å²) in [5.41, 5.74) is -1.07. The minimum Gasteiger partial charge on any atom is -0.349 e. The molecule has 0 aromatic carbocycles. The highest BCUT2D eigenvalue weighted by Gasteiger charge is 2.36. The smallest absolute Gasteiger partial charge is 0.330 e. The molecule has 0 aliphatic carbocycles. The van der Waals surface area contributed by atoms with Gasteiger partial charge in [-0.25, -0.2) is 13.6 Å². The summed E-state index contributed by atoms with van der Waals surface area (Å²) in [6.45, 7) is -0.954. The van der Waals surface area contributed by atoms with Gasteiger partial charge in [-0.3, -0.25) is 14.3 Å². The van der Waals surface area contributed by atoms with Gasteiger partial charge in [-0.1, -0.05) is 15.9 Å². The lowest BCUT2D eigenvalue weighted by Crippen LogP contribution is -2.33. The lowest BCUT2D eigenvalue weighted by atomic mass is 10.2. The summed E-state index contributed by atoms with van der Waals surface area (Å²) in [5, 5.41) is 0. The van der Waals surface area contributed by atoms with Crippen LogP contribution in [0.3, 0.4) is 0 Å². The van der Waals surface area contributed by atoms with E-state index in [-0.39, 0.29) is 12.0 Å². The molecule has 3 atom stereocenters. The third-order valence-corrected chi connectivity index (χ3v) is 3.13. The van der Waals surface area contributed by atoms with Crippen LogP contribution in [0.4, 0.5) is 8.78 Å². The standard InChI is InChI=1S/C11H11BrF2N2O3/c12-2-1-6-5-16(11(18)15-10(6)17)9-3-7(14)8(4-13)19-9/h1-2,5,7-9H,3-4H2,(H,15,17,18)/b2-1+/t7-,8+,9+/m0/s1. The molecule has 0 bridgehead atoms. The van der Waals surface area contributed by atoms with E-state index in [0.717, 1.165) is 4.57 Å². The van der Waals surface area contributed by atoms with Gasteiger partial charge in [0, 0.05) is 12.6 Å². The normalized spacial score (nSPS) is 27.2. The average molecular weight is 337 g/mol. The zero-order valence-electron chi connectivity index (χ0n) is 9.68. The molecule has 8 heteroatoms. The molecule has 0 amide bonds. The maximum absolute atomic E-state index is 13.4. The second kappa shape index (κ2) is 5.79. The largest absolute Gasteiger partial charge is 0.349 e. The van der Waals surface area contributed by atoms with E-state index in [1.165, 1.54) is 17.3 Å². The lowest BCUT2D eigenvalue weighted by Gasteiger charge is -2.14. The third kappa shape index (κ3) is 2.84. The zero-order chi connectivity index (χ0) is 14.0. The topological polar surface area (TPSA) is 64.1 Å². The number of rotatable bonds is 3. The van der Waals surface area contributed by atoms with Crippen molar-refractivity contribution in [1.82, 2.24) is 9.55 Å². The molecule has 1 saturated heterocycles. The van der Waals surface area contributed by atoms with Crippen LogP contribution in [0.25, 0.3) is 6.08 Å². The first-order valence-electron chi connectivity index (χ1n) is 5.54. The Hall–Kier alpha value is -1.28. The highest BCUT2D eigenvalue weighted by molar-refractivity contribution is 9.11. The molecule has 1 aromatic heterocycles. The second-order valence-electron chi connectivity index (χ2n) is 4.08. The van der Waals surface area contributed by atoms with Crippen molar-refractivity contribution in [2.75, 3.05) is 6.67 Å². The quantitative estimate of drug-likeness (QED) is 0.909. The van der Waals surface area contributed by atoms with E-state index in [2.05, 4.69) is 20.9 Å². The van der Waals surface area contributed by atoms with Gasteiger partial charge in [0.15, 0.2) is 0 Å². The summed E-state index contributed by atoms with van der Waals surface area (Å²) in [6.07, 6.45) is -0.983. The highest BCUT2D eigenvalue weighted by Crippen LogP contribution is 2.30. The molecule has 1 fully saturated rings. The van der Waals surface area contributed by atoms with Crippen LogP contribution >= 0.6 is 15.9 Å². The Kier molecular flexibility index (Phi) is 4.31. The van der Waals surface area contributed by atoms with Crippen molar-refractivity contribution in [1.29, 1.82) is 0 Å². The fourth-order valence-electron chi connectivity index (χ4n) is 1.90. The highest BCUT2D eigenvalue weighted by atomic mass is 79.9. The Balaban J connectivity index is 2.38. The summed E-state index contributed by atoms with van der Waals surface area (Å²) < 4.78 is 32.1. The van der Waals surface area contributed by atoms with E-state index in [1.807, 2.05) is 0 Å². The van der Waals surface area contributed by atoms with Gasteiger partial charge in [-0.2, -0.15) is 0 Å². The van der Waals surface area contributed by atoms with E-state index in [0.29, 0.717) is 0 Å². The minimum absolute atomic E-state index is 0.127. The van der Waals surface area contributed by atoms with Crippen molar-refractivity contribution in [2.45, 2.75) is 24.9 Å². The monoisotopic (exact) mass is 336 g/mol. The molecule has 2 heterocycles. The maximum atomic E-state index is 13.4. The summed E-state index contributed by atoms with van der Waals surface area (Å²) in [4.78, 5) is 26.7. The van der Waals surface area contributed by atoms with Crippen LogP contribution in [0, 0.1) is 0 Å². The van der Waals surface area contributed by atoms with Gasteiger partial charge in [-0.05, 0) is 11.1 Å². The van der Waals surface area contributed by atoms with E-state index < -0.39 is 36.4 Å². The first-order chi connectivity index (χ1) is 9.06. The molecule has 0 unspecified atom stereocenters. The van der Waals surface area contributed by atoms with Crippen LogP contribution in [0.5, 0.6) is 0 Å². The number of hydrogen-bond acceptors (Lipinski definition) is 3. The summed E-state index contributed by atoms with van der Waals surface area (Å²) >= 11 is 3.02. The van der Waals surface area contributed by atoms with Crippen LogP contribution in [0.2, 0.25) is 0 Å². The van der Waals surface area contributed by atoms with Gasteiger partial charge in [0.05, 0.1) is 5.56 Å². The van der Waals surface area contributed by atoms with E-state index in [1.54, 1.807) is 0 Å². The molecule has 1 N–H and O–H groups in total. The number of aromatic nitrogens is 2. The molecule has 0 spiro atoms. The second-order valence-corrected chi connectivity index (χ2v) is 4.61. The Morgan fingerprint density at radius 1 is 1.58 bits per heavy atom. The first kappa shape index (κ1) is 14.1. The first-order valence-corrected chi connectivity index (χ1v) is 6.46. The van der Waals surface area contributed by atoms with Gasteiger partial charge in [0.1, 0.15) is 25.2 Å². The van der Waals surface area contributed by atoms with Gasteiger partial charge in [0.25, 0.3) is 5.56 Å². The Morgan fingerprint density at radius 2 is 2.32 bits per heavy atom. The number of hydrogen-bond donors (Lipinski definition) is 1. The number of nitrogens with one attached hydrogen (secondary N) is 1. The number of nitrogens with zero attached hydrogens (tertiary/aromatic N) is 1. The predicted octanol–water partition coefficient (Wildman–Crippen LogP) is 1.50. The SMILES string of the molecule is O=c1[nH]c(=O)n([C@H]2C[C@H](F)[C@@H](CF)O2)cc1/C=C/Br. The van der Waals surface area contributed by atoms with E-state index >= 15 is 0 Å². The van der Waals surface area contributed by atoms with E-state index in [9.17, 15) is 18.4 Å². The van der Waals surface area contributed by atoms with Crippen LogP contribution in [-0.4, -0.2) is 28.5 Å². The molecule has 2 rings (SSSR count). The van der Waals surface area contributed by atoms with Crippen LogP contribution in [-0.2, 0) is 4.74 Å². The van der Waals surface area contributed by atoms with Gasteiger partial charge >= 0.3 is 5.69 Å². The summed E-state index contributed by atoms with van der Waals surface area (Å²) in [5.74, 6) is 0. The Bertz CT molecular complexity index is 598. The average Bonchev–Trinajstić information content (AvgIpc) is 2.74. The molecular weight excluding hydrogens is 326 g/mol. The zero-order valence-corrected chi connectivity index (χ0v) is 11.3. The number of aromatic amines is 1. The molecule has 5 nitrogen and oxygen atoms in total. The van der Waals surface area contributed by atoms with Crippen molar-refractivity contribution in [2.24, 2.45) is 0 Å². The minimum atomic E-state index is -1.47. The summed E-state index contributed by atoms with van der Waals surface area (Å²) in [7, 11) is 0. The molecule has 0 radical (unpaired) electrons.